The number of ketones is 2. The molecule has 200 valence electrons. The average molecular weight is 514 g/mol. The summed E-state index contributed by atoms with van der Waals surface area (Å²) in [5.74, 6) is -3.71. The molecule has 0 aliphatic carbocycles. The molecule has 0 spiro atoms. The Morgan fingerprint density at radius 3 is 1.11 bits per heavy atom. The standard InChI is InChI=1S/C14H16N2O9.C8H14O3/c17-9-1-2-10(18)15(9)24-13(21)5-7-23-8-6-14(22)25-16-11(19)3-4-12(16)20;1-7(9)3-5-11-6-4-8(2)10/h1-8H2;3-6H2,1-2H3. The second-order valence-corrected chi connectivity index (χ2v) is 7.72. The van der Waals surface area contributed by atoms with Crippen LogP contribution >= 0.6 is 0 Å². The molecule has 2 fully saturated rings. The van der Waals surface area contributed by atoms with Crippen molar-refractivity contribution in [2.75, 3.05) is 26.4 Å². The van der Waals surface area contributed by atoms with Gasteiger partial charge in [0.15, 0.2) is 0 Å². The fourth-order valence-corrected chi connectivity index (χ4v) is 2.56. The van der Waals surface area contributed by atoms with Crippen molar-refractivity contribution in [3.8, 4) is 0 Å². The first-order chi connectivity index (χ1) is 17.0. The number of imide groups is 2. The van der Waals surface area contributed by atoms with Gasteiger partial charge in [0.2, 0.25) is 0 Å². The number of carbonyl (C=O) groups excluding carboxylic acids is 8. The molecular formula is C22H30N2O12. The lowest BCUT2D eigenvalue weighted by atomic mass is 10.3. The predicted molar refractivity (Wildman–Crippen MR) is 116 cm³/mol. The van der Waals surface area contributed by atoms with Gasteiger partial charge in [-0.15, -0.1) is 10.1 Å². The van der Waals surface area contributed by atoms with E-state index < -0.39 is 35.6 Å². The van der Waals surface area contributed by atoms with Crippen LogP contribution in [-0.2, 0) is 57.5 Å². The van der Waals surface area contributed by atoms with Crippen LogP contribution in [0, 0.1) is 0 Å². The van der Waals surface area contributed by atoms with Crippen molar-refractivity contribution < 1.29 is 57.5 Å². The zero-order valence-electron chi connectivity index (χ0n) is 20.3. The highest BCUT2D eigenvalue weighted by Gasteiger charge is 2.33. The quantitative estimate of drug-likeness (QED) is 0.223. The molecule has 0 atom stereocenters. The van der Waals surface area contributed by atoms with Crippen molar-refractivity contribution in [1.82, 2.24) is 10.1 Å². The third kappa shape index (κ3) is 12.3. The molecule has 14 nitrogen and oxygen atoms in total. The molecule has 2 saturated heterocycles. The number of ether oxygens (including phenoxy) is 2. The summed E-state index contributed by atoms with van der Waals surface area (Å²) in [5, 5.41) is 0.869. The number of rotatable bonds is 14. The molecule has 0 saturated carbocycles. The third-order valence-corrected chi connectivity index (χ3v) is 4.50. The molecule has 14 heteroatoms. The number of hydrogen-bond acceptors (Lipinski definition) is 12. The highest BCUT2D eigenvalue weighted by atomic mass is 16.7. The van der Waals surface area contributed by atoms with Crippen LogP contribution in [0.3, 0.4) is 0 Å². The Morgan fingerprint density at radius 2 is 0.833 bits per heavy atom. The smallest absolute Gasteiger partial charge is 0.335 e. The second-order valence-electron chi connectivity index (χ2n) is 7.72. The Kier molecular flexibility index (Phi) is 13.7. The van der Waals surface area contributed by atoms with Crippen LogP contribution in [-0.4, -0.2) is 83.7 Å². The summed E-state index contributed by atoms with van der Waals surface area (Å²) in [6, 6.07) is 0. The third-order valence-electron chi connectivity index (χ3n) is 4.50. The van der Waals surface area contributed by atoms with E-state index in [0.29, 0.717) is 36.2 Å². The zero-order valence-corrected chi connectivity index (χ0v) is 20.3. The van der Waals surface area contributed by atoms with Crippen LogP contribution in [0.1, 0.15) is 65.2 Å². The van der Waals surface area contributed by atoms with Gasteiger partial charge >= 0.3 is 11.9 Å². The summed E-state index contributed by atoms with van der Waals surface area (Å²) in [7, 11) is 0. The Labute approximate surface area is 207 Å². The van der Waals surface area contributed by atoms with E-state index in [4.69, 9.17) is 9.47 Å². The summed E-state index contributed by atoms with van der Waals surface area (Å²) in [6.45, 7) is 3.70. The van der Waals surface area contributed by atoms with E-state index in [-0.39, 0.29) is 63.3 Å². The van der Waals surface area contributed by atoms with Crippen LogP contribution in [0.4, 0.5) is 0 Å². The highest BCUT2D eigenvalue weighted by Crippen LogP contribution is 2.13. The average Bonchev–Trinajstić information content (AvgIpc) is 3.29. The van der Waals surface area contributed by atoms with Crippen molar-refractivity contribution in [3.05, 3.63) is 0 Å². The minimum Gasteiger partial charge on any atom is -0.381 e. The highest BCUT2D eigenvalue weighted by molar-refractivity contribution is 6.02. The molecule has 2 heterocycles. The second kappa shape index (κ2) is 16.2. The van der Waals surface area contributed by atoms with Gasteiger partial charge < -0.3 is 19.1 Å². The van der Waals surface area contributed by atoms with E-state index in [9.17, 15) is 38.4 Å². The zero-order chi connectivity index (χ0) is 27.1. The van der Waals surface area contributed by atoms with E-state index in [2.05, 4.69) is 9.68 Å². The molecular weight excluding hydrogens is 484 g/mol. The lowest BCUT2D eigenvalue weighted by molar-refractivity contribution is -0.199. The molecule has 0 unspecified atom stereocenters. The number of amides is 4. The molecule has 36 heavy (non-hydrogen) atoms. The van der Waals surface area contributed by atoms with Crippen molar-refractivity contribution in [2.24, 2.45) is 0 Å². The predicted octanol–water partition coefficient (Wildman–Crippen LogP) is -0.0412. The van der Waals surface area contributed by atoms with Crippen LogP contribution in [0.2, 0.25) is 0 Å². The molecule has 0 N–H and O–H groups in total. The minimum absolute atomic E-state index is 0.00669. The Balaban J connectivity index is 0.000000497. The van der Waals surface area contributed by atoms with Crippen molar-refractivity contribution in [2.45, 2.75) is 65.2 Å². The van der Waals surface area contributed by atoms with Gasteiger partial charge in [-0.2, -0.15) is 0 Å². The molecule has 0 aromatic rings. The SMILES string of the molecule is CC(=O)CCOCCC(C)=O.O=C(CCOCCC(=O)ON1C(=O)CCC1=O)ON1C(=O)CCC1=O. The number of carbonyl (C=O) groups is 8. The van der Waals surface area contributed by atoms with E-state index in [0.717, 1.165) is 0 Å². The lowest BCUT2D eigenvalue weighted by Gasteiger charge is -2.13. The fourth-order valence-electron chi connectivity index (χ4n) is 2.56. The van der Waals surface area contributed by atoms with Gasteiger partial charge in [0.25, 0.3) is 23.6 Å². The Bertz CT molecular complexity index is 769. The van der Waals surface area contributed by atoms with Gasteiger partial charge in [0.1, 0.15) is 11.6 Å². The molecule has 0 radical (unpaired) electrons. The first-order valence-electron chi connectivity index (χ1n) is 11.3. The molecule has 2 rings (SSSR count). The number of Topliss-reactive ketones (excluding diaryl/α,β-unsaturated/α-hetero) is 2. The summed E-state index contributed by atoms with van der Waals surface area (Å²) >= 11 is 0. The maximum absolute atomic E-state index is 11.5. The van der Waals surface area contributed by atoms with Crippen LogP contribution in [0.5, 0.6) is 0 Å². The Hall–Kier alpha value is -3.52. The summed E-state index contributed by atoms with van der Waals surface area (Å²) < 4.78 is 10.0. The number of hydroxylamine groups is 4. The van der Waals surface area contributed by atoms with Gasteiger partial charge in [-0.1, -0.05) is 0 Å². The summed E-state index contributed by atoms with van der Waals surface area (Å²) in [4.78, 5) is 98.0. The minimum atomic E-state index is -0.820. The van der Waals surface area contributed by atoms with Gasteiger partial charge in [0, 0.05) is 38.5 Å². The molecule has 0 aromatic carbocycles. The Morgan fingerprint density at radius 1 is 0.556 bits per heavy atom. The van der Waals surface area contributed by atoms with Crippen molar-refractivity contribution >= 4 is 47.1 Å². The van der Waals surface area contributed by atoms with E-state index in [1.807, 2.05) is 0 Å². The van der Waals surface area contributed by atoms with Crippen LogP contribution < -0.4 is 0 Å². The van der Waals surface area contributed by atoms with Gasteiger partial charge in [-0.05, 0) is 13.8 Å². The normalized spacial score (nSPS) is 15.1. The molecule has 2 aliphatic heterocycles. The number of hydrogen-bond donors (Lipinski definition) is 0. The van der Waals surface area contributed by atoms with Gasteiger partial charge in [-0.3, -0.25) is 28.8 Å². The van der Waals surface area contributed by atoms with Gasteiger partial charge in [0.05, 0.1) is 39.3 Å². The molecule has 0 bridgehead atoms. The van der Waals surface area contributed by atoms with Crippen LogP contribution in [0.15, 0.2) is 0 Å². The summed E-state index contributed by atoms with van der Waals surface area (Å²) in [6.07, 6.45) is 0.458. The topological polar surface area (TPSA) is 180 Å². The van der Waals surface area contributed by atoms with Crippen LogP contribution in [0.25, 0.3) is 0 Å². The monoisotopic (exact) mass is 514 g/mol. The van der Waals surface area contributed by atoms with Crippen molar-refractivity contribution in [3.63, 3.8) is 0 Å². The molecule has 4 amide bonds. The maximum Gasteiger partial charge on any atom is 0.335 e. The lowest BCUT2D eigenvalue weighted by Crippen LogP contribution is -2.32. The van der Waals surface area contributed by atoms with E-state index >= 15 is 0 Å². The maximum atomic E-state index is 11.5. The fraction of sp³-hybridized carbons (Fsp3) is 0.636. The number of nitrogens with zero attached hydrogens (tertiary/aromatic N) is 2. The first kappa shape index (κ1) is 30.5. The van der Waals surface area contributed by atoms with E-state index in [1.54, 1.807) is 0 Å². The van der Waals surface area contributed by atoms with E-state index in [1.165, 1.54) is 13.8 Å². The largest absolute Gasteiger partial charge is 0.381 e. The van der Waals surface area contributed by atoms with Crippen molar-refractivity contribution in [1.29, 1.82) is 0 Å². The molecule has 0 aromatic heterocycles. The van der Waals surface area contributed by atoms with Gasteiger partial charge in [-0.25, -0.2) is 9.59 Å². The summed E-state index contributed by atoms with van der Waals surface area (Å²) in [5.41, 5.74) is 0. The first-order valence-corrected chi connectivity index (χ1v) is 11.3. The molecule has 2 aliphatic rings.